The Balaban J connectivity index is 3.09. The minimum absolute atomic E-state index is 0.204. The summed E-state index contributed by atoms with van der Waals surface area (Å²) in [5, 5.41) is 11.3. The highest BCUT2D eigenvalue weighted by Crippen LogP contribution is 2.25. The molecule has 7 heteroatoms. The molecule has 2 N–H and O–H groups in total. The van der Waals surface area contributed by atoms with Gasteiger partial charge in [-0.15, -0.1) is 0 Å². The second-order valence-electron chi connectivity index (χ2n) is 4.06. The molecular weight excluding hydrogens is 270 g/mol. The third-order valence-electron chi connectivity index (χ3n) is 2.67. The summed E-state index contributed by atoms with van der Waals surface area (Å²) in [7, 11) is 0. The van der Waals surface area contributed by atoms with Crippen molar-refractivity contribution < 1.29 is 23.5 Å². The first kappa shape index (κ1) is 15.9. The van der Waals surface area contributed by atoms with Gasteiger partial charge in [0.1, 0.15) is 17.3 Å². The maximum atomic E-state index is 13.9. The number of benzene rings is 1. The second-order valence-corrected chi connectivity index (χ2v) is 4.06. The fourth-order valence-corrected chi connectivity index (χ4v) is 1.77. The summed E-state index contributed by atoms with van der Waals surface area (Å²) in [6, 6.07) is 1.47. The van der Waals surface area contributed by atoms with Crippen LogP contribution in [-0.2, 0) is 4.79 Å². The van der Waals surface area contributed by atoms with E-state index in [0.717, 1.165) is 12.1 Å². The number of halogens is 2. The first-order valence-electron chi connectivity index (χ1n) is 6.14. The normalized spacial score (nSPS) is 10.2. The standard InChI is InChI=1S/C13H16F2N2O3/c1-3-16-11(18)7-17(4-2)12-9(14)5-8(13(19)20)6-10(12)15/h5-6H,3-4,7H2,1-2H3,(H,16,18)(H,19,20). The van der Waals surface area contributed by atoms with Gasteiger partial charge in [-0.25, -0.2) is 13.6 Å². The van der Waals surface area contributed by atoms with Crippen molar-refractivity contribution in [2.24, 2.45) is 0 Å². The van der Waals surface area contributed by atoms with Gasteiger partial charge in [0.25, 0.3) is 0 Å². The third-order valence-corrected chi connectivity index (χ3v) is 2.67. The lowest BCUT2D eigenvalue weighted by atomic mass is 10.1. The van der Waals surface area contributed by atoms with Crippen molar-refractivity contribution in [1.29, 1.82) is 0 Å². The molecule has 1 aromatic carbocycles. The number of hydrogen-bond donors (Lipinski definition) is 2. The van der Waals surface area contributed by atoms with Crippen molar-refractivity contribution in [3.63, 3.8) is 0 Å². The van der Waals surface area contributed by atoms with Crippen LogP contribution in [0, 0.1) is 11.6 Å². The average Bonchev–Trinajstić information content (AvgIpc) is 2.36. The molecule has 0 saturated heterocycles. The van der Waals surface area contributed by atoms with Gasteiger partial charge in [-0.2, -0.15) is 0 Å². The topological polar surface area (TPSA) is 69.6 Å². The number of amides is 1. The van der Waals surface area contributed by atoms with Gasteiger partial charge >= 0.3 is 5.97 Å². The first-order chi connectivity index (χ1) is 9.40. The Morgan fingerprint density at radius 1 is 1.25 bits per heavy atom. The van der Waals surface area contributed by atoms with Crippen molar-refractivity contribution in [1.82, 2.24) is 5.32 Å². The van der Waals surface area contributed by atoms with Gasteiger partial charge in [0.2, 0.25) is 5.91 Å². The van der Waals surface area contributed by atoms with E-state index < -0.39 is 28.9 Å². The lowest BCUT2D eigenvalue weighted by Crippen LogP contribution is -2.38. The first-order valence-corrected chi connectivity index (χ1v) is 6.14. The molecule has 1 aromatic rings. The zero-order valence-electron chi connectivity index (χ0n) is 11.2. The SMILES string of the molecule is CCNC(=O)CN(CC)c1c(F)cc(C(=O)O)cc1F. The fraction of sp³-hybridized carbons (Fsp3) is 0.385. The van der Waals surface area contributed by atoms with Gasteiger partial charge in [-0.05, 0) is 26.0 Å². The van der Waals surface area contributed by atoms with Crippen molar-refractivity contribution in [3.8, 4) is 0 Å². The number of carboxylic acid groups (broad SMARTS) is 1. The number of nitrogens with one attached hydrogen (secondary N) is 1. The summed E-state index contributed by atoms with van der Waals surface area (Å²) < 4.78 is 27.7. The largest absolute Gasteiger partial charge is 0.478 e. The number of rotatable bonds is 6. The van der Waals surface area contributed by atoms with Crippen LogP contribution in [0.25, 0.3) is 0 Å². The molecule has 0 bridgehead atoms. The van der Waals surface area contributed by atoms with Gasteiger partial charge in [0.15, 0.2) is 0 Å². The Morgan fingerprint density at radius 2 is 1.80 bits per heavy atom. The van der Waals surface area contributed by atoms with Gasteiger partial charge < -0.3 is 15.3 Å². The molecule has 0 fully saturated rings. The number of likely N-dealkylation sites (N-methyl/N-ethyl adjacent to an activating group) is 2. The predicted octanol–water partition coefficient (Wildman–Crippen LogP) is 1.63. The molecule has 0 saturated carbocycles. The number of aromatic carboxylic acids is 1. The van der Waals surface area contributed by atoms with Crippen molar-refractivity contribution in [2.75, 3.05) is 24.5 Å². The smallest absolute Gasteiger partial charge is 0.335 e. The summed E-state index contributed by atoms with van der Waals surface area (Å²) >= 11 is 0. The zero-order chi connectivity index (χ0) is 15.3. The quantitative estimate of drug-likeness (QED) is 0.834. The van der Waals surface area contributed by atoms with E-state index in [1.54, 1.807) is 13.8 Å². The molecule has 20 heavy (non-hydrogen) atoms. The van der Waals surface area contributed by atoms with E-state index in [2.05, 4.69) is 5.32 Å². The highest BCUT2D eigenvalue weighted by Gasteiger charge is 2.20. The molecule has 0 aromatic heterocycles. The van der Waals surface area contributed by atoms with Crippen molar-refractivity contribution in [3.05, 3.63) is 29.3 Å². The number of hydrogen-bond acceptors (Lipinski definition) is 3. The van der Waals surface area contributed by atoms with Crippen LogP contribution in [0.1, 0.15) is 24.2 Å². The Bertz CT molecular complexity index is 497. The molecule has 1 amide bonds. The number of carboxylic acids is 1. The van der Waals surface area contributed by atoms with Gasteiger partial charge in [0.05, 0.1) is 12.1 Å². The monoisotopic (exact) mass is 286 g/mol. The van der Waals surface area contributed by atoms with Gasteiger partial charge in [-0.3, -0.25) is 4.79 Å². The fourth-order valence-electron chi connectivity index (χ4n) is 1.77. The van der Waals surface area contributed by atoms with Crippen LogP contribution < -0.4 is 10.2 Å². The molecule has 0 atom stereocenters. The molecule has 110 valence electrons. The Labute approximate surface area is 115 Å². The minimum Gasteiger partial charge on any atom is -0.478 e. The molecular formula is C13H16F2N2O3. The highest BCUT2D eigenvalue weighted by atomic mass is 19.1. The molecule has 0 radical (unpaired) electrons. The average molecular weight is 286 g/mol. The molecule has 5 nitrogen and oxygen atoms in total. The molecule has 0 aliphatic rings. The van der Waals surface area contributed by atoms with Crippen LogP contribution >= 0.6 is 0 Å². The summed E-state index contributed by atoms with van der Waals surface area (Å²) in [6.07, 6.45) is 0. The lowest BCUT2D eigenvalue weighted by molar-refractivity contribution is -0.119. The highest BCUT2D eigenvalue weighted by molar-refractivity contribution is 5.88. The van der Waals surface area contributed by atoms with Crippen LogP contribution in [0.2, 0.25) is 0 Å². The molecule has 0 aliphatic carbocycles. The molecule has 0 aliphatic heterocycles. The van der Waals surface area contributed by atoms with E-state index in [1.807, 2.05) is 0 Å². The van der Waals surface area contributed by atoms with Gasteiger partial charge in [-0.1, -0.05) is 0 Å². The molecule has 0 heterocycles. The van der Waals surface area contributed by atoms with E-state index in [0.29, 0.717) is 6.54 Å². The number of carbonyl (C=O) groups is 2. The van der Waals surface area contributed by atoms with Crippen LogP contribution in [0.15, 0.2) is 12.1 Å². The van der Waals surface area contributed by atoms with E-state index in [9.17, 15) is 18.4 Å². The zero-order valence-corrected chi connectivity index (χ0v) is 11.2. The number of carbonyl (C=O) groups excluding carboxylic acids is 1. The van der Waals surface area contributed by atoms with E-state index in [-0.39, 0.29) is 19.0 Å². The van der Waals surface area contributed by atoms with Crippen LogP contribution in [-0.4, -0.2) is 36.6 Å². The van der Waals surface area contributed by atoms with E-state index in [1.165, 1.54) is 4.90 Å². The maximum Gasteiger partial charge on any atom is 0.335 e. The Kier molecular flexibility index (Phi) is 5.42. The van der Waals surface area contributed by atoms with Gasteiger partial charge in [0, 0.05) is 13.1 Å². The Morgan fingerprint density at radius 3 is 2.20 bits per heavy atom. The maximum absolute atomic E-state index is 13.9. The van der Waals surface area contributed by atoms with E-state index >= 15 is 0 Å². The summed E-state index contributed by atoms with van der Waals surface area (Å²) in [6.45, 7) is 3.79. The Hall–Kier alpha value is -2.18. The minimum atomic E-state index is -1.42. The summed E-state index contributed by atoms with van der Waals surface area (Å²) in [4.78, 5) is 23.4. The van der Waals surface area contributed by atoms with Crippen LogP contribution in [0.5, 0.6) is 0 Å². The van der Waals surface area contributed by atoms with E-state index in [4.69, 9.17) is 5.11 Å². The van der Waals surface area contributed by atoms with Crippen molar-refractivity contribution in [2.45, 2.75) is 13.8 Å². The third kappa shape index (κ3) is 3.66. The number of nitrogens with zero attached hydrogens (tertiary/aromatic N) is 1. The number of anilines is 1. The van der Waals surface area contributed by atoms with Crippen LogP contribution in [0.4, 0.5) is 14.5 Å². The molecule has 0 unspecified atom stereocenters. The molecule has 1 rings (SSSR count). The second kappa shape index (κ2) is 6.83. The summed E-state index contributed by atoms with van der Waals surface area (Å²) in [5.41, 5.74) is -0.874. The van der Waals surface area contributed by atoms with Crippen LogP contribution in [0.3, 0.4) is 0 Å². The van der Waals surface area contributed by atoms with Crippen molar-refractivity contribution >= 4 is 17.6 Å². The predicted molar refractivity (Wildman–Crippen MR) is 69.9 cm³/mol. The lowest BCUT2D eigenvalue weighted by Gasteiger charge is -2.23. The molecule has 0 spiro atoms. The summed E-state index contributed by atoms with van der Waals surface area (Å²) in [5.74, 6) is -3.79.